The van der Waals surface area contributed by atoms with Gasteiger partial charge in [0.1, 0.15) is 11.6 Å². The van der Waals surface area contributed by atoms with Crippen molar-refractivity contribution in [3.8, 4) is 6.07 Å². The van der Waals surface area contributed by atoms with Gasteiger partial charge in [-0.05, 0) is 19.3 Å². The third-order valence-corrected chi connectivity index (χ3v) is 3.15. The number of anilines is 1. The van der Waals surface area contributed by atoms with Crippen molar-refractivity contribution in [2.24, 2.45) is 5.41 Å². The van der Waals surface area contributed by atoms with Gasteiger partial charge >= 0.3 is 6.03 Å². The van der Waals surface area contributed by atoms with Gasteiger partial charge in [0.25, 0.3) is 0 Å². The van der Waals surface area contributed by atoms with E-state index in [1.54, 1.807) is 10.9 Å². The Labute approximate surface area is 125 Å². The highest BCUT2D eigenvalue weighted by Crippen LogP contribution is 2.19. The highest BCUT2D eigenvalue weighted by atomic mass is 16.3. The van der Waals surface area contributed by atoms with E-state index in [1.807, 2.05) is 40.7 Å². The lowest BCUT2D eigenvalue weighted by Gasteiger charge is -2.29. The smallest absolute Gasteiger partial charge is 0.320 e. The minimum atomic E-state index is -0.491. The summed E-state index contributed by atoms with van der Waals surface area (Å²) in [7, 11) is 0. The van der Waals surface area contributed by atoms with Crippen molar-refractivity contribution in [1.82, 2.24) is 15.1 Å². The molecule has 0 bridgehead atoms. The third kappa shape index (κ3) is 4.46. The average molecular weight is 293 g/mol. The summed E-state index contributed by atoms with van der Waals surface area (Å²) in [5, 5.41) is 27.8. The van der Waals surface area contributed by atoms with Crippen LogP contribution in [0, 0.1) is 16.7 Å². The Bertz CT molecular complexity index is 537. The lowest BCUT2D eigenvalue weighted by atomic mass is 9.87. The first-order chi connectivity index (χ1) is 9.68. The molecule has 2 amide bonds. The van der Waals surface area contributed by atoms with Crippen LogP contribution >= 0.6 is 0 Å². The highest BCUT2D eigenvalue weighted by Gasteiger charge is 2.26. The predicted molar refractivity (Wildman–Crippen MR) is 79.8 cm³/mol. The van der Waals surface area contributed by atoms with Crippen LogP contribution < -0.4 is 10.6 Å². The van der Waals surface area contributed by atoms with Gasteiger partial charge in [-0.3, -0.25) is 10.00 Å². The second-order valence-corrected chi connectivity index (χ2v) is 6.28. The maximum absolute atomic E-state index is 12.0. The molecule has 3 N–H and O–H groups in total. The number of carbonyl (C=O) groups is 1. The van der Waals surface area contributed by atoms with Gasteiger partial charge in [-0.1, -0.05) is 20.8 Å². The summed E-state index contributed by atoms with van der Waals surface area (Å²) in [6.07, 6.45) is 1.59. The number of aliphatic hydroxyl groups is 1. The zero-order valence-electron chi connectivity index (χ0n) is 13.1. The molecule has 0 aliphatic carbocycles. The van der Waals surface area contributed by atoms with Gasteiger partial charge in [0.05, 0.1) is 12.6 Å². The quantitative estimate of drug-likeness (QED) is 0.788. The van der Waals surface area contributed by atoms with Gasteiger partial charge in [-0.25, -0.2) is 4.79 Å². The first-order valence-corrected chi connectivity index (χ1v) is 6.86. The van der Waals surface area contributed by atoms with Crippen molar-refractivity contribution in [1.29, 1.82) is 5.26 Å². The number of aliphatic hydroxyl groups excluding tert-OH is 1. The Kier molecular flexibility index (Phi) is 5.33. The fourth-order valence-electron chi connectivity index (χ4n) is 1.67. The lowest BCUT2D eigenvalue weighted by molar-refractivity contribution is 0.162. The number of hydrogen-bond acceptors (Lipinski definition) is 4. The summed E-state index contributed by atoms with van der Waals surface area (Å²) in [4.78, 5) is 12.0. The maximum atomic E-state index is 12.0. The van der Waals surface area contributed by atoms with Crippen LogP contribution in [0.15, 0.2) is 6.20 Å². The second-order valence-electron chi connectivity index (χ2n) is 6.28. The Morgan fingerprint density at radius 3 is 2.57 bits per heavy atom. The highest BCUT2D eigenvalue weighted by molar-refractivity contribution is 5.89. The number of hydrogen-bond donors (Lipinski definition) is 3. The molecule has 1 aromatic heterocycles. The zero-order chi connectivity index (χ0) is 16.2. The van der Waals surface area contributed by atoms with Crippen molar-refractivity contribution in [3.05, 3.63) is 11.8 Å². The molecule has 1 aromatic rings. The number of urea groups is 1. The van der Waals surface area contributed by atoms with Crippen molar-refractivity contribution >= 4 is 11.8 Å². The molecule has 1 rings (SSSR count). The standard InChI is InChI=1S/C14H23N5O2/c1-9(2)19-7-10(6-15)12(18-19)17-13(21)16-11(8-20)14(3,4)5/h7,9,11,20H,8H2,1-5H3,(H2,16,17,18,21)/t11-/m1/s1. The van der Waals surface area contributed by atoms with Crippen molar-refractivity contribution < 1.29 is 9.90 Å². The Balaban J connectivity index is 2.82. The molecule has 116 valence electrons. The largest absolute Gasteiger partial charge is 0.394 e. The monoisotopic (exact) mass is 293 g/mol. The molecule has 0 unspecified atom stereocenters. The molecular weight excluding hydrogens is 270 g/mol. The molecule has 0 aliphatic heterocycles. The van der Waals surface area contributed by atoms with Crippen molar-refractivity contribution in [2.45, 2.75) is 46.7 Å². The van der Waals surface area contributed by atoms with E-state index in [-0.39, 0.29) is 23.9 Å². The van der Waals surface area contributed by atoms with Crippen LogP contribution in [0.25, 0.3) is 0 Å². The summed E-state index contributed by atoms with van der Waals surface area (Å²) >= 11 is 0. The third-order valence-electron chi connectivity index (χ3n) is 3.15. The van der Waals surface area contributed by atoms with Gasteiger partial charge in [0.15, 0.2) is 5.82 Å². The maximum Gasteiger partial charge on any atom is 0.320 e. The lowest BCUT2D eigenvalue weighted by Crippen LogP contribution is -2.47. The van der Waals surface area contributed by atoms with E-state index in [0.29, 0.717) is 5.56 Å². The van der Waals surface area contributed by atoms with E-state index < -0.39 is 12.1 Å². The van der Waals surface area contributed by atoms with Crippen LogP contribution in [0.2, 0.25) is 0 Å². The number of carbonyl (C=O) groups excluding carboxylic acids is 1. The Hall–Kier alpha value is -2.07. The molecule has 0 fully saturated rings. The molecular formula is C14H23N5O2. The summed E-state index contributed by atoms with van der Waals surface area (Å²) < 4.78 is 1.61. The molecule has 21 heavy (non-hydrogen) atoms. The molecule has 0 spiro atoms. The van der Waals surface area contributed by atoms with E-state index in [2.05, 4.69) is 15.7 Å². The molecule has 0 saturated heterocycles. The molecule has 1 atom stereocenters. The molecule has 0 aromatic carbocycles. The molecule has 7 nitrogen and oxygen atoms in total. The topological polar surface area (TPSA) is 103 Å². The number of amides is 2. The summed E-state index contributed by atoms with van der Waals surface area (Å²) in [6, 6.07) is 1.21. The van der Waals surface area contributed by atoms with Gasteiger partial charge < -0.3 is 10.4 Å². The number of aromatic nitrogens is 2. The van der Waals surface area contributed by atoms with E-state index >= 15 is 0 Å². The fourth-order valence-corrected chi connectivity index (χ4v) is 1.67. The normalized spacial score (nSPS) is 12.9. The summed E-state index contributed by atoms with van der Waals surface area (Å²) in [6.45, 7) is 9.45. The Morgan fingerprint density at radius 2 is 2.14 bits per heavy atom. The SMILES string of the molecule is CC(C)n1cc(C#N)c(NC(=O)N[C@H](CO)C(C)(C)C)n1. The second kappa shape index (κ2) is 6.59. The Morgan fingerprint density at radius 1 is 1.52 bits per heavy atom. The predicted octanol–water partition coefficient (Wildman–Crippen LogP) is 1.86. The zero-order valence-corrected chi connectivity index (χ0v) is 13.1. The first-order valence-electron chi connectivity index (χ1n) is 6.86. The summed E-state index contributed by atoms with van der Waals surface area (Å²) in [5.74, 6) is 0.217. The van der Waals surface area contributed by atoms with Gasteiger partial charge in [-0.15, -0.1) is 0 Å². The first kappa shape index (κ1) is 17.0. The van der Waals surface area contributed by atoms with Crippen LogP contribution in [0.3, 0.4) is 0 Å². The number of nitrogens with zero attached hydrogens (tertiary/aromatic N) is 3. The van der Waals surface area contributed by atoms with Gasteiger partial charge in [-0.2, -0.15) is 10.4 Å². The van der Waals surface area contributed by atoms with Crippen LogP contribution in [-0.2, 0) is 0 Å². The molecule has 7 heteroatoms. The van der Waals surface area contributed by atoms with Crippen LogP contribution in [0.5, 0.6) is 0 Å². The van der Waals surface area contributed by atoms with E-state index in [4.69, 9.17) is 5.26 Å². The molecule has 0 aliphatic rings. The van der Waals surface area contributed by atoms with Crippen molar-refractivity contribution in [2.75, 3.05) is 11.9 Å². The van der Waals surface area contributed by atoms with E-state index in [0.717, 1.165) is 0 Å². The number of rotatable bonds is 4. The number of nitrogens with one attached hydrogen (secondary N) is 2. The van der Waals surface area contributed by atoms with E-state index in [9.17, 15) is 9.90 Å². The van der Waals surface area contributed by atoms with Gasteiger partial charge in [0, 0.05) is 12.2 Å². The summed E-state index contributed by atoms with van der Waals surface area (Å²) in [5.41, 5.74) is 0.0247. The van der Waals surface area contributed by atoms with Crippen LogP contribution in [0.1, 0.15) is 46.2 Å². The average Bonchev–Trinajstić information content (AvgIpc) is 2.77. The number of nitriles is 1. The van der Waals surface area contributed by atoms with Crippen molar-refractivity contribution in [3.63, 3.8) is 0 Å². The molecule has 1 heterocycles. The molecule has 0 saturated carbocycles. The van der Waals surface area contributed by atoms with Gasteiger partial charge in [0.2, 0.25) is 0 Å². The minimum Gasteiger partial charge on any atom is -0.394 e. The van der Waals surface area contributed by atoms with E-state index in [1.165, 1.54) is 0 Å². The fraction of sp³-hybridized carbons (Fsp3) is 0.643. The van der Waals surface area contributed by atoms with Crippen LogP contribution in [-0.4, -0.2) is 33.6 Å². The van der Waals surface area contributed by atoms with Crippen LogP contribution in [0.4, 0.5) is 10.6 Å². The molecule has 0 radical (unpaired) electrons. The minimum absolute atomic E-state index is 0.0930.